The number of rotatable bonds is 5. The third kappa shape index (κ3) is 4.29. The van der Waals surface area contributed by atoms with Crippen LogP contribution in [0.4, 0.5) is 32.8 Å². The predicted octanol–water partition coefficient (Wildman–Crippen LogP) is 6.49. The van der Waals surface area contributed by atoms with Crippen molar-refractivity contribution in [3.63, 3.8) is 0 Å². The highest BCUT2D eigenvalue weighted by molar-refractivity contribution is 9.10. The van der Waals surface area contributed by atoms with Gasteiger partial charge in [0.05, 0.1) is 37.3 Å². The van der Waals surface area contributed by atoms with Gasteiger partial charge in [0.25, 0.3) is 0 Å². The van der Waals surface area contributed by atoms with Gasteiger partial charge in [-0.2, -0.15) is 9.49 Å². The molecule has 0 unspecified atom stereocenters. The first-order valence-electron chi connectivity index (χ1n) is 9.10. The van der Waals surface area contributed by atoms with Gasteiger partial charge in [-0.1, -0.05) is 0 Å². The van der Waals surface area contributed by atoms with Crippen LogP contribution in [-0.2, 0) is 0 Å². The molecule has 1 aliphatic rings. The Bertz CT molecular complexity index is 1160. The summed E-state index contributed by atoms with van der Waals surface area (Å²) in [6.45, 7) is 7.91. The first kappa shape index (κ1) is 22.4. The zero-order chi connectivity index (χ0) is 23.1. The van der Waals surface area contributed by atoms with E-state index in [-0.39, 0.29) is 5.54 Å². The Hall–Kier alpha value is -3.28. The van der Waals surface area contributed by atoms with Crippen LogP contribution in [0.15, 0.2) is 44.1 Å². The summed E-state index contributed by atoms with van der Waals surface area (Å²) in [6, 6.07) is 5.86. The van der Waals surface area contributed by atoms with E-state index in [0.717, 1.165) is 23.4 Å². The van der Waals surface area contributed by atoms with Crippen LogP contribution in [0, 0.1) is 33.0 Å². The molecule has 0 spiro atoms. The minimum atomic E-state index is -1.26. The minimum absolute atomic E-state index is 0.179. The Morgan fingerprint density at radius 3 is 2.29 bits per heavy atom. The molecule has 2 aromatic rings. The van der Waals surface area contributed by atoms with Gasteiger partial charge in [-0.3, -0.25) is 25.2 Å². The lowest BCUT2D eigenvalue weighted by Gasteiger charge is -2.30. The minimum Gasteiger partial charge on any atom is -0.260 e. The van der Waals surface area contributed by atoms with Gasteiger partial charge in [0.2, 0.25) is 5.82 Å². The number of hydrazone groups is 1. The molecule has 0 aliphatic carbocycles. The predicted molar refractivity (Wildman–Crippen MR) is 117 cm³/mol. The van der Waals surface area contributed by atoms with Crippen molar-refractivity contribution in [2.24, 2.45) is 15.3 Å². The highest BCUT2D eigenvalue weighted by Gasteiger charge is 2.33. The zero-order valence-corrected chi connectivity index (χ0v) is 18.7. The van der Waals surface area contributed by atoms with Crippen molar-refractivity contribution in [1.29, 1.82) is 0 Å². The van der Waals surface area contributed by atoms with E-state index in [4.69, 9.17) is 0 Å². The third-order valence-corrected chi connectivity index (χ3v) is 5.47. The molecule has 0 atom stereocenters. The van der Waals surface area contributed by atoms with E-state index >= 15 is 0 Å². The Morgan fingerprint density at radius 2 is 1.77 bits per heavy atom. The fourth-order valence-corrected chi connectivity index (χ4v) is 3.88. The lowest BCUT2D eigenvalue weighted by atomic mass is 9.98. The Labute approximate surface area is 184 Å². The summed E-state index contributed by atoms with van der Waals surface area (Å²) < 4.78 is 13.8. The van der Waals surface area contributed by atoms with Gasteiger partial charge in [0.15, 0.2) is 5.69 Å². The molecule has 0 bridgehead atoms. The molecule has 0 N–H and O–H groups in total. The molecule has 0 aromatic heterocycles. The van der Waals surface area contributed by atoms with Crippen LogP contribution in [0.2, 0.25) is 0 Å². The largest absolute Gasteiger partial charge is 0.313 e. The maximum atomic E-state index is 14.3. The smallest absolute Gasteiger partial charge is 0.260 e. The van der Waals surface area contributed by atoms with Gasteiger partial charge in [0, 0.05) is 12.1 Å². The number of benzene rings is 2. The third-order valence-electron chi connectivity index (χ3n) is 4.75. The van der Waals surface area contributed by atoms with Crippen LogP contribution >= 0.6 is 15.9 Å². The molecule has 162 valence electrons. The van der Waals surface area contributed by atoms with E-state index in [1.165, 1.54) is 0 Å². The Morgan fingerprint density at radius 1 is 1.13 bits per heavy atom. The van der Waals surface area contributed by atoms with Gasteiger partial charge in [-0.15, -0.1) is 10.2 Å². The van der Waals surface area contributed by atoms with Gasteiger partial charge >= 0.3 is 11.4 Å². The summed E-state index contributed by atoms with van der Waals surface area (Å²) in [5.74, 6) is -1.26. The molecule has 12 heteroatoms. The molecular weight excluding hydrogens is 475 g/mol. The summed E-state index contributed by atoms with van der Waals surface area (Å²) >= 11 is 2.83. The van der Waals surface area contributed by atoms with Crippen molar-refractivity contribution < 1.29 is 14.2 Å². The Balaban J connectivity index is 2.00. The summed E-state index contributed by atoms with van der Waals surface area (Å²) in [5, 5.41) is 36.6. The molecule has 1 aliphatic heterocycles. The van der Waals surface area contributed by atoms with Crippen molar-refractivity contribution in [2.75, 3.05) is 5.01 Å². The first-order chi connectivity index (χ1) is 14.4. The van der Waals surface area contributed by atoms with Crippen molar-refractivity contribution in [3.8, 4) is 0 Å². The first-order valence-corrected chi connectivity index (χ1v) is 9.89. The van der Waals surface area contributed by atoms with E-state index in [2.05, 4.69) is 45.1 Å². The van der Waals surface area contributed by atoms with Crippen molar-refractivity contribution in [2.45, 2.75) is 39.7 Å². The second-order valence-corrected chi connectivity index (χ2v) is 8.51. The van der Waals surface area contributed by atoms with Crippen molar-refractivity contribution in [3.05, 3.63) is 60.3 Å². The topological polar surface area (TPSA) is 127 Å². The van der Waals surface area contributed by atoms with Crippen LogP contribution in [0.1, 0.15) is 32.8 Å². The molecule has 2 aromatic carbocycles. The highest BCUT2D eigenvalue weighted by atomic mass is 79.9. The lowest BCUT2D eigenvalue weighted by Crippen LogP contribution is -2.36. The SMILES string of the molecule is CC1=NN(c2ccc(/N=N/c3c([N+](=O)[O-])cc([N+](=O)[O-])c(F)c3Br)c(C)c2)C(C)(C)C1. The normalized spacial score (nSPS) is 15.4. The van der Waals surface area contributed by atoms with E-state index in [1.54, 1.807) is 19.1 Å². The van der Waals surface area contributed by atoms with E-state index < -0.39 is 37.2 Å². The average molecular weight is 493 g/mol. The molecule has 31 heavy (non-hydrogen) atoms. The summed E-state index contributed by atoms with van der Waals surface area (Å²) in [4.78, 5) is 20.4. The quantitative estimate of drug-likeness (QED) is 0.267. The Kier molecular flexibility index (Phi) is 5.85. The van der Waals surface area contributed by atoms with E-state index in [9.17, 15) is 24.6 Å². The molecule has 0 saturated heterocycles. The summed E-state index contributed by atoms with van der Waals surface area (Å²) in [7, 11) is 0. The molecule has 10 nitrogen and oxygen atoms in total. The van der Waals surface area contributed by atoms with Gasteiger partial charge < -0.3 is 0 Å². The van der Waals surface area contributed by atoms with Crippen LogP contribution in [0.5, 0.6) is 0 Å². The van der Waals surface area contributed by atoms with Crippen LogP contribution in [-0.4, -0.2) is 21.1 Å². The molecule has 1 heterocycles. The second kappa shape index (κ2) is 8.10. The molecule has 0 radical (unpaired) electrons. The number of aryl methyl sites for hydroxylation is 1. The average Bonchev–Trinajstić information content (AvgIpc) is 2.95. The number of nitro benzene ring substituents is 2. The van der Waals surface area contributed by atoms with E-state index in [0.29, 0.717) is 11.8 Å². The maximum Gasteiger partial charge on any atom is 0.313 e. The zero-order valence-electron chi connectivity index (χ0n) is 17.1. The number of hydrogen-bond acceptors (Lipinski definition) is 8. The fourth-order valence-electron chi connectivity index (χ4n) is 3.39. The van der Waals surface area contributed by atoms with Crippen LogP contribution < -0.4 is 5.01 Å². The van der Waals surface area contributed by atoms with Crippen LogP contribution in [0.25, 0.3) is 0 Å². The van der Waals surface area contributed by atoms with Gasteiger partial charge in [0.1, 0.15) is 0 Å². The highest BCUT2D eigenvalue weighted by Crippen LogP contribution is 2.43. The molecule has 0 fully saturated rings. The molecule has 3 rings (SSSR count). The number of azo groups is 1. The molecule has 0 saturated carbocycles. The van der Waals surface area contributed by atoms with Crippen molar-refractivity contribution in [1.82, 2.24) is 0 Å². The fraction of sp³-hybridized carbons (Fsp3) is 0.316. The molecular formula is C19H18BrFN6O4. The second-order valence-electron chi connectivity index (χ2n) is 7.71. The molecule has 0 amide bonds. The van der Waals surface area contributed by atoms with Gasteiger partial charge in [-0.05, 0) is 67.4 Å². The van der Waals surface area contributed by atoms with E-state index in [1.807, 2.05) is 18.0 Å². The summed E-state index contributed by atoms with van der Waals surface area (Å²) in [6.07, 6.45) is 0.830. The van der Waals surface area contributed by atoms with Crippen molar-refractivity contribution >= 4 is 50.1 Å². The van der Waals surface area contributed by atoms with Gasteiger partial charge in [-0.25, -0.2) is 0 Å². The summed E-state index contributed by atoms with van der Waals surface area (Å²) in [5.41, 5.74) is 0.609. The lowest BCUT2D eigenvalue weighted by molar-refractivity contribution is -0.395. The monoisotopic (exact) mass is 492 g/mol. The number of anilines is 1. The maximum absolute atomic E-state index is 14.3. The van der Waals surface area contributed by atoms with Crippen LogP contribution in [0.3, 0.4) is 0 Å². The number of nitrogens with zero attached hydrogens (tertiary/aromatic N) is 6. The number of halogens is 2. The number of hydrogen-bond donors (Lipinski definition) is 0. The standard InChI is InChI=1S/C19H18BrFN6O4/c1-10-7-12(25-19(3,4)9-11(2)24-25)5-6-13(10)22-23-18-15(27(30)31)8-14(26(28)29)17(21)16(18)20/h5-8H,9H2,1-4H3/b23-22+. The number of nitro groups is 2.